The minimum absolute atomic E-state index is 0.416. The Labute approximate surface area is 134 Å². The van der Waals surface area contributed by atoms with E-state index in [1.165, 1.54) is 19.3 Å². The van der Waals surface area contributed by atoms with Gasteiger partial charge in [-0.15, -0.1) is 0 Å². The molecule has 2 atom stereocenters. The van der Waals surface area contributed by atoms with Crippen molar-refractivity contribution in [1.82, 2.24) is 5.32 Å². The third kappa shape index (κ3) is 3.83. The van der Waals surface area contributed by atoms with E-state index in [2.05, 4.69) is 33.5 Å². The van der Waals surface area contributed by atoms with Crippen molar-refractivity contribution < 1.29 is 9.47 Å². The lowest BCUT2D eigenvalue weighted by molar-refractivity contribution is 0.171. The predicted octanol–water partition coefficient (Wildman–Crippen LogP) is 3.55. The van der Waals surface area contributed by atoms with Gasteiger partial charge in [-0.25, -0.2) is 0 Å². The number of halogens is 1. The van der Waals surface area contributed by atoms with Gasteiger partial charge in [0, 0.05) is 28.7 Å². The fraction of sp³-hybridized carbons (Fsp3) is 0.625. The number of piperidine rings is 1. The van der Waals surface area contributed by atoms with E-state index in [-0.39, 0.29) is 0 Å². The second-order valence-corrected chi connectivity index (χ2v) is 6.76. The van der Waals surface area contributed by atoms with Gasteiger partial charge in [-0.1, -0.05) is 6.42 Å². The Morgan fingerprint density at radius 1 is 1.29 bits per heavy atom. The molecule has 2 aliphatic heterocycles. The minimum Gasteiger partial charge on any atom is -0.486 e. The number of hydrogen-bond acceptors (Lipinski definition) is 4. The maximum Gasteiger partial charge on any atom is 0.163 e. The molecule has 2 N–H and O–H groups in total. The molecule has 2 aliphatic rings. The molecule has 0 saturated carbocycles. The van der Waals surface area contributed by atoms with E-state index in [4.69, 9.17) is 9.47 Å². The van der Waals surface area contributed by atoms with E-state index in [0.717, 1.165) is 34.6 Å². The monoisotopic (exact) mass is 354 g/mol. The number of rotatable bonds is 4. The van der Waals surface area contributed by atoms with E-state index in [1.54, 1.807) is 0 Å². The normalized spacial score (nSPS) is 22.7. The van der Waals surface area contributed by atoms with Gasteiger partial charge in [-0.2, -0.15) is 0 Å². The average Bonchev–Trinajstić information content (AvgIpc) is 2.49. The summed E-state index contributed by atoms with van der Waals surface area (Å²) in [6.07, 6.45) is 5.08. The van der Waals surface area contributed by atoms with Gasteiger partial charge in [0.1, 0.15) is 13.2 Å². The Hall–Kier alpha value is -0.940. The van der Waals surface area contributed by atoms with Crippen LogP contribution in [-0.4, -0.2) is 31.8 Å². The van der Waals surface area contributed by atoms with Crippen LogP contribution >= 0.6 is 15.9 Å². The van der Waals surface area contributed by atoms with Crippen LogP contribution in [0, 0.1) is 0 Å². The molecule has 0 radical (unpaired) electrons. The molecule has 2 unspecified atom stereocenters. The van der Waals surface area contributed by atoms with Crippen molar-refractivity contribution in [1.29, 1.82) is 0 Å². The van der Waals surface area contributed by atoms with Crippen molar-refractivity contribution in [3.05, 3.63) is 16.6 Å². The van der Waals surface area contributed by atoms with Crippen LogP contribution in [0.5, 0.6) is 11.5 Å². The molecular formula is C16H23BrN2O2. The quantitative estimate of drug-likeness (QED) is 0.867. The van der Waals surface area contributed by atoms with Crippen molar-refractivity contribution in [2.24, 2.45) is 0 Å². The molecule has 2 heterocycles. The maximum atomic E-state index is 5.65. The molecule has 116 valence electrons. The Morgan fingerprint density at radius 3 is 2.76 bits per heavy atom. The van der Waals surface area contributed by atoms with Gasteiger partial charge in [0.2, 0.25) is 0 Å². The van der Waals surface area contributed by atoms with E-state index in [9.17, 15) is 0 Å². The number of ether oxygens (including phenoxy) is 2. The zero-order valence-electron chi connectivity index (χ0n) is 12.5. The average molecular weight is 355 g/mol. The zero-order valence-corrected chi connectivity index (χ0v) is 14.0. The third-order valence-electron chi connectivity index (χ3n) is 4.08. The Bertz CT molecular complexity index is 489. The highest BCUT2D eigenvalue weighted by Crippen LogP contribution is 2.38. The van der Waals surface area contributed by atoms with E-state index >= 15 is 0 Å². The molecule has 1 saturated heterocycles. The first-order valence-corrected chi connectivity index (χ1v) is 8.61. The summed E-state index contributed by atoms with van der Waals surface area (Å²) in [5, 5.41) is 7.19. The first kappa shape index (κ1) is 15.0. The van der Waals surface area contributed by atoms with Gasteiger partial charge in [-0.3, -0.25) is 0 Å². The van der Waals surface area contributed by atoms with Gasteiger partial charge < -0.3 is 20.1 Å². The highest BCUT2D eigenvalue weighted by atomic mass is 79.9. The molecule has 0 bridgehead atoms. The zero-order chi connectivity index (χ0) is 14.7. The molecule has 0 aromatic heterocycles. The SMILES string of the molecule is CC(CC1CCCCN1)Nc1cc2c(cc1Br)OCCO2. The fourth-order valence-electron chi connectivity index (χ4n) is 3.05. The molecule has 1 aromatic rings. The van der Waals surface area contributed by atoms with E-state index in [0.29, 0.717) is 25.3 Å². The maximum absolute atomic E-state index is 5.65. The number of hydrogen-bond donors (Lipinski definition) is 2. The molecule has 0 aliphatic carbocycles. The van der Waals surface area contributed by atoms with Crippen LogP contribution in [0.3, 0.4) is 0 Å². The summed E-state index contributed by atoms with van der Waals surface area (Å²) >= 11 is 3.62. The summed E-state index contributed by atoms with van der Waals surface area (Å²) < 4.78 is 12.3. The molecule has 1 aromatic carbocycles. The van der Waals surface area contributed by atoms with Crippen molar-refractivity contribution in [2.75, 3.05) is 25.1 Å². The topological polar surface area (TPSA) is 42.5 Å². The molecule has 0 spiro atoms. The van der Waals surface area contributed by atoms with Crippen molar-refractivity contribution in [3.8, 4) is 11.5 Å². The highest BCUT2D eigenvalue weighted by molar-refractivity contribution is 9.10. The largest absolute Gasteiger partial charge is 0.486 e. The van der Waals surface area contributed by atoms with Crippen LogP contribution in [0.15, 0.2) is 16.6 Å². The van der Waals surface area contributed by atoms with Crippen LogP contribution in [0.4, 0.5) is 5.69 Å². The van der Waals surface area contributed by atoms with Crippen LogP contribution in [-0.2, 0) is 0 Å². The fourth-order valence-corrected chi connectivity index (χ4v) is 3.49. The number of anilines is 1. The molecule has 3 rings (SSSR count). The van der Waals surface area contributed by atoms with E-state index in [1.807, 2.05) is 12.1 Å². The van der Waals surface area contributed by atoms with Crippen LogP contribution < -0.4 is 20.1 Å². The van der Waals surface area contributed by atoms with Crippen LogP contribution in [0.2, 0.25) is 0 Å². The Balaban J connectivity index is 1.63. The number of benzene rings is 1. The van der Waals surface area contributed by atoms with Gasteiger partial charge in [-0.05, 0) is 48.7 Å². The van der Waals surface area contributed by atoms with Gasteiger partial charge in [0.15, 0.2) is 11.5 Å². The Morgan fingerprint density at radius 2 is 2.05 bits per heavy atom. The van der Waals surface area contributed by atoms with Gasteiger partial charge >= 0.3 is 0 Å². The second kappa shape index (κ2) is 6.88. The minimum atomic E-state index is 0.416. The lowest BCUT2D eigenvalue weighted by Gasteiger charge is -2.27. The van der Waals surface area contributed by atoms with E-state index < -0.39 is 0 Å². The molecule has 1 fully saturated rings. The highest BCUT2D eigenvalue weighted by Gasteiger charge is 2.18. The van der Waals surface area contributed by atoms with Crippen molar-refractivity contribution >= 4 is 21.6 Å². The number of nitrogens with one attached hydrogen (secondary N) is 2. The van der Waals surface area contributed by atoms with Gasteiger partial charge in [0.25, 0.3) is 0 Å². The standard InChI is InChI=1S/C16H23BrN2O2/c1-11(8-12-4-2-3-5-18-12)19-14-10-16-15(9-13(14)17)20-6-7-21-16/h9-12,18-19H,2-8H2,1H3. The first-order chi connectivity index (χ1) is 10.2. The summed E-state index contributed by atoms with van der Waals surface area (Å²) in [6.45, 7) is 4.64. The number of fused-ring (bicyclic) bond motifs is 1. The summed E-state index contributed by atoms with van der Waals surface area (Å²) in [5.41, 5.74) is 1.07. The third-order valence-corrected chi connectivity index (χ3v) is 4.74. The summed E-state index contributed by atoms with van der Waals surface area (Å²) in [5.74, 6) is 1.65. The van der Waals surface area contributed by atoms with Crippen molar-refractivity contribution in [2.45, 2.75) is 44.7 Å². The van der Waals surface area contributed by atoms with Crippen LogP contribution in [0.1, 0.15) is 32.6 Å². The van der Waals surface area contributed by atoms with Crippen LogP contribution in [0.25, 0.3) is 0 Å². The summed E-state index contributed by atoms with van der Waals surface area (Å²) in [4.78, 5) is 0. The van der Waals surface area contributed by atoms with Crippen molar-refractivity contribution in [3.63, 3.8) is 0 Å². The molecular weight excluding hydrogens is 332 g/mol. The summed E-state index contributed by atoms with van der Waals surface area (Å²) in [7, 11) is 0. The molecule has 21 heavy (non-hydrogen) atoms. The summed E-state index contributed by atoms with van der Waals surface area (Å²) in [6, 6.07) is 5.07. The molecule has 5 heteroatoms. The smallest absolute Gasteiger partial charge is 0.163 e. The van der Waals surface area contributed by atoms with Gasteiger partial charge in [0.05, 0.1) is 5.69 Å². The molecule has 4 nitrogen and oxygen atoms in total. The lowest BCUT2D eigenvalue weighted by Crippen LogP contribution is -2.37. The first-order valence-electron chi connectivity index (χ1n) is 7.81. The molecule has 0 amide bonds. The second-order valence-electron chi connectivity index (χ2n) is 5.90. The predicted molar refractivity (Wildman–Crippen MR) is 88.5 cm³/mol. The Kier molecular flexibility index (Phi) is 4.91. The lowest BCUT2D eigenvalue weighted by atomic mass is 9.98.